The van der Waals surface area contributed by atoms with Crippen LogP contribution in [0.4, 0.5) is 22.0 Å². The van der Waals surface area contributed by atoms with E-state index in [-0.39, 0.29) is 19.3 Å². The van der Waals surface area contributed by atoms with Gasteiger partial charge in [0.25, 0.3) is 5.92 Å². The molecule has 176 valence electrons. The fourth-order valence-corrected chi connectivity index (χ4v) is 3.95. The largest absolute Gasteiger partial charge is 0.490 e. The number of carbonyl (C=O) groups is 2. The maximum atomic E-state index is 14.3. The third-order valence-corrected chi connectivity index (χ3v) is 5.68. The monoisotopic (exact) mass is 455 g/mol. The molecule has 3 rings (SSSR count). The summed E-state index contributed by atoms with van der Waals surface area (Å²) in [6, 6.07) is 1.27. The van der Waals surface area contributed by atoms with Gasteiger partial charge >= 0.3 is 18.1 Å². The molecule has 2 aliphatic carbocycles. The van der Waals surface area contributed by atoms with Gasteiger partial charge in [-0.25, -0.2) is 13.6 Å². The number of aliphatic carboxylic acids is 2. The molecule has 12 heteroatoms. The Hall–Kier alpha value is -2.24. The molecular weight excluding hydrogens is 429 g/mol. The minimum Gasteiger partial charge on any atom is -0.481 e. The van der Waals surface area contributed by atoms with Gasteiger partial charge in [0.2, 0.25) is 0 Å². The maximum absolute atomic E-state index is 14.3. The second-order valence-electron chi connectivity index (χ2n) is 7.85. The van der Waals surface area contributed by atoms with Crippen molar-refractivity contribution in [2.75, 3.05) is 0 Å². The second kappa shape index (κ2) is 10.4. The number of alkyl halides is 5. The molecule has 0 aliphatic heterocycles. The molecular formula is C19H26F5N3O4. The van der Waals surface area contributed by atoms with Gasteiger partial charge in [0.05, 0.1) is 23.7 Å². The van der Waals surface area contributed by atoms with E-state index in [2.05, 4.69) is 10.4 Å². The smallest absolute Gasteiger partial charge is 0.481 e. The minimum absolute atomic E-state index is 0.0422. The Kier molecular flexibility index (Phi) is 8.38. The Labute approximate surface area is 175 Å². The first kappa shape index (κ1) is 25.0. The molecule has 2 saturated carbocycles. The average molecular weight is 455 g/mol. The lowest BCUT2D eigenvalue weighted by Crippen LogP contribution is -2.44. The van der Waals surface area contributed by atoms with Crippen LogP contribution in [0, 0.1) is 5.92 Å². The molecule has 2 atom stereocenters. The van der Waals surface area contributed by atoms with Crippen molar-refractivity contribution >= 4 is 11.9 Å². The second-order valence-corrected chi connectivity index (χ2v) is 7.85. The third kappa shape index (κ3) is 7.15. The molecule has 7 nitrogen and oxygen atoms in total. The zero-order valence-corrected chi connectivity index (χ0v) is 16.7. The number of rotatable bonds is 5. The fourth-order valence-electron chi connectivity index (χ4n) is 3.95. The molecule has 0 spiro atoms. The van der Waals surface area contributed by atoms with Gasteiger partial charge in [-0.15, -0.1) is 0 Å². The molecule has 0 radical (unpaired) electrons. The van der Waals surface area contributed by atoms with E-state index >= 15 is 0 Å². The minimum atomic E-state index is -5.08. The molecule has 0 bridgehead atoms. The normalized spacial score (nSPS) is 24.2. The van der Waals surface area contributed by atoms with Crippen LogP contribution in [0.15, 0.2) is 12.3 Å². The lowest BCUT2D eigenvalue weighted by atomic mass is 10.0. The summed E-state index contributed by atoms with van der Waals surface area (Å²) in [6.07, 6.45) is 1.35. The number of hydrogen-bond acceptors (Lipinski definition) is 4. The Bertz CT molecular complexity index is 747. The number of aromatic nitrogens is 2. The highest BCUT2D eigenvalue weighted by atomic mass is 19.4. The number of nitrogens with one attached hydrogen (secondary N) is 1. The Morgan fingerprint density at radius 2 is 1.74 bits per heavy atom. The van der Waals surface area contributed by atoms with Crippen LogP contribution < -0.4 is 5.32 Å². The van der Waals surface area contributed by atoms with Gasteiger partial charge in [-0.1, -0.05) is 12.8 Å². The van der Waals surface area contributed by atoms with E-state index in [4.69, 9.17) is 15.0 Å². The fraction of sp³-hybridized carbons (Fsp3) is 0.737. The van der Waals surface area contributed by atoms with E-state index in [1.54, 1.807) is 6.20 Å². The van der Waals surface area contributed by atoms with Crippen LogP contribution in [0.2, 0.25) is 0 Å². The van der Waals surface area contributed by atoms with Crippen LogP contribution >= 0.6 is 0 Å². The van der Waals surface area contributed by atoms with Crippen LogP contribution in [-0.2, 0) is 16.1 Å². The van der Waals surface area contributed by atoms with Gasteiger partial charge in [0, 0.05) is 19.2 Å². The lowest BCUT2D eigenvalue weighted by Gasteiger charge is -2.26. The molecule has 1 heterocycles. The van der Waals surface area contributed by atoms with Gasteiger partial charge in [-0.05, 0) is 38.2 Å². The maximum Gasteiger partial charge on any atom is 0.490 e. The number of carboxylic acids is 2. The summed E-state index contributed by atoms with van der Waals surface area (Å²) in [5.41, 5.74) is 0.928. The summed E-state index contributed by atoms with van der Waals surface area (Å²) in [7, 11) is 0. The van der Waals surface area contributed by atoms with E-state index in [1.807, 2.05) is 10.7 Å². The zero-order chi connectivity index (χ0) is 23.2. The first-order valence-corrected chi connectivity index (χ1v) is 10.1. The van der Waals surface area contributed by atoms with Gasteiger partial charge < -0.3 is 15.5 Å². The Morgan fingerprint density at radius 1 is 1.13 bits per heavy atom. The average Bonchev–Trinajstić information content (AvgIpc) is 3.31. The van der Waals surface area contributed by atoms with E-state index in [9.17, 15) is 26.7 Å². The SMILES string of the molecule is O=C(O)C(F)(F)F.O=C(O)[C@@H]1CC[C@@H](NCc2ccnn2C2CCCC2)C(F)(F)CC1. The Morgan fingerprint density at radius 3 is 2.29 bits per heavy atom. The lowest BCUT2D eigenvalue weighted by molar-refractivity contribution is -0.192. The Balaban J connectivity index is 0.000000423. The first-order valence-electron chi connectivity index (χ1n) is 10.1. The highest BCUT2D eigenvalue weighted by Gasteiger charge is 2.43. The molecule has 3 N–H and O–H groups in total. The summed E-state index contributed by atoms with van der Waals surface area (Å²) in [6.45, 7) is 0.342. The third-order valence-electron chi connectivity index (χ3n) is 5.68. The van der Waals surface area contributed by atoms with Crippen LogP contribution in [0.1, 0.15) is 63.1 Å². The quantitative estimate of drug-likeness (QED) is 0.458. The predicted molar refractivity (Wildman–Crippen MR) is 98.6 cm³/mol. The van der Waals surface area contributed by atoms with E-state index < -0.39 is 36.0 Å². The number of carboxylic acid groups (broad SMARTS) is 2. The molecule has 1 aromatic heterocycles. The van der Waals surface area contributed by atoms with Crippen molar-refractivity contribution in [3.63, 3.8) is 0 Å². The van der Waals surface area contributed by atoms with Crippen molar-refractivity contribution in [1.82, 2.24) is 15.1 Å². The molecule has 0 saturated heterocycles. The van der Waals surface area contributed by atoms with Gasteiger partial charge in [-0.2, -0.15) is 18.3 Å². The van der Waals surface area contributed by atoms with Crippen molar-refractivity contribution in [2.45, 2.75) is 82.1 Å². The van der Waals surface area contributed by atoms with Crippen LogP contribution in [0.25, 0.3) is 0 Å². The van der Waals surface area contributed by atoms with E-state index in [0.29, 0.717) is 19.0 Å². The van der Waals surface area contributed by atoms with Crippen molar-refractivity contribution < 1.29 is 41.8 Å². The van der Waals surface area contributed by atoms with Crippen molar-refractivity contribution in [1.29, 1.82) is 0 Å². The molecule has 1 aromatic rings. The van der Waals surface area contributed by atoms with Crippen LogP contribution in [0.3, 0.4) is 0 Å². The number of hydrogen-bond donors (Lipinski definition) is 3. The summed E-state index contributed by atoms with van der Waals surface area (Å²) < 4.78 is 62.3. The van der Waals surface area contributed by atoms with E-state index in [0.717, 1.165) is 18.5 Å². The molecule has 0 unspecified atom stereocenters. The van der Waals surface area contributed by atoms with Gasteiger partial charge in [0.15, 0.2) is 0 Å². The topological polar surface area (TPSA) is 104 Å². The number of halogens is 5. The molecule has 0 aromatic carbocycles. The predicted octanol–water partition coefficient (Wildman–Crippen LogP) is 4.00. The molecule has 31 heavy (non-hydrogen) atoms. The molecule has 2 aliphatic rings. The van der Waals surface area contributed by atoms with Crippen molar-refractivity contribution in [2.24, 2.45) is 5.92 Å². The molecule has 0 amide bonds. The van der Waals surface area contributed by atoms with Crippen LogP contribution in [0.5, 0.6) is 0 Å². The van der Waals surface area contributed by atoms with Crippen molar-refractivity contribution in [3.8, 4) is 0 Å². The summed E-state index contributed by atoms with van der Waals surface area (Å²) in [5.74, 6) is -7.26. The highest BCUT2D eigenvalue weighted by molar-refractivity contribution is 5.73. The standard InChI is InChI=1S/C17H25F2N3O2.C2HF3O2/c18-17(19)9-7-12(16(23)24)5-6-15(17)20-11-14-8-10-21-22(14)13-3-1-2-4-13;3-2(4,5)1(6)7/h8,10,12-13,15,20H,1-7,9,11H2,(H,23,24);(H,6,7)/t12-,15-;/m1./s1. The van der Waals surface area contributed by atoms with Gasteiger partial charge in [0.1, 0.15) is 0 Å². The highest BCUT2D eigenvalue weighted by Crippen LogP contribution is 2.35. The molecule has 2 fully saturated rings. The van der Waals surface area contributed by atoms with Crippen molar-refractivity contribution in [3.05, 3.63) is 18.0 Å². The summed E-state index contributed by atoms with van der Waals surface area (Å²) in [4.78, 5) is 20.0. The summed E-state index contributed by atoms with van der Waals surface area (Å²) in [5, 5.41) is 23.5. The van der Waals surface area contributed by atoms with E-state index in [1.165, 1.54) is 12.8 Å². The van der Waals surface area contributed by atoms with Crippen LogP contribution in [-0.4, -0.2) is 50.1 Å². The number of nitrogens with zero attached hydrogens (tertiary/aromatic N) is 2. The zero-order valence-electron chi connectivity index (χ0n) is 16.7. The van der Waals surface area contributed by atoms with Gasteiger partial charge in [-0.3, -0.25) is 9.48 Å². The first-order chi connectivity index (χ1) is 14.4. The summed E-state index contributed by atoms with van der Waals surface area (Å²) >= 11 is 0.